The summed E-state index contributed by atoms with van der Waals surface area (Å²) < 4.78 is 7.24. The van der Waals surface area contributed by atoms with Crippen LogP contribution < -0.4 is 10.1 Å². The van der Waals surface area contributed by atoms with Crippen molar-refractivity contribution in [2.75, 3.05) is 6.54 Å². The van der Waals surface area contributed by atoms with Crippen LogP contribution in [-0.4, -0.2) is 26.3 Å². The summed E-state index contributed by atoms with van der Waals surface area (Å²) in [6.45, 7) is 3.82. The van der Waals surface area contributed by atoms with Crippen LogP contribution in [0.1, 0.15) is 18.9 Å². The van der Waals surface area contributed by atoms with E-state index in [-0.39, 0.29) is 0 Å². The van der Waals surface area contributed by atoms with Crippen molar-refractivity contribution in [2.45, 2.75) is 19.9 Å². The Balaban J connectivity index is 2.07. The van der Waals surface area contributed by atoms with Gasteiger partial charge in [-0.1, -0.05) is 6.92 Å². The Kier molecular flexibility index (Phi) is 4.25. The minimum atomic E-state index is 0.348. The molecule has 0 aliphatic carbocycles. The number of aryl methyl sites for hydroxylation is 1. The second-order valence-electron chi connectivity index (χ2n) is 3.96. The fourth-order valence-corrected chi connectivity index (χ4v) is 1.51. The Bertz CT molecular complexity index is 497. The highest BCUT2D eigenvalue weighted by Crippen LogP contribution is 2.21. The first kappa shape index (κ1) is 12.5. The maximum Gasteiger partial charge on any atom is 0.340 e. The molecule has 0 amide bonds. The number of hydrogen-bond acceptors (Lipinski definition) is 5. The maximum absolute atomic E-state index is 5.64. The van der Waals surface area contributed by atoms with Gasteiger partial charge in [-0.15, -0.1) is 5.10 Å². The Morgan fingerprint density at radius 1 is 1.44 bits per heavy atom. The average Bonchev–Trinajstić information content (AvgIpc) is 2.77. The summed E-state index contributed by atoms with van der Waals surface area (Å²) in [6.07, 6.45) is 6.19. The van der Waals surface area contributed by atoms with Gasteiger partial charge >= 0.3 is 6.01 Å². The van der Waals surface area contributed by atoms with Crippen molar-refractivity contribution >= 4 is 0 Å². The zero-order valence-electron chi connectivity index (χ0n) is 10.6. The minimum Gasteiger partial charge on any atom is -0.423 e. The Morgan fingerprint density at radius 2 is 2.33 bits per heavy atom. The fraction of sp³-hybridized carbons (Fsp3) is 0.417. The first-order chi connectivity index (χ1) is 8.79. The van der Waals surface area contributed by atoms with E-state index < -0.39 is 0 Å². The largest absolute Gasteiger partial charge is 0.423 e. The van der Waals surface area contributed by atoms with Gasteiger partial charge in [0.05, 0.1) is 0 Å². The Hall–Kier alpha value is -1.95. The van der Waals surface area contributed by atoms with E-state index in [1.807, 2.05) is 6.07 Å². The highest BCUT2D eigenvalue weighted by Gasteiger charge is 2.07. The molecule has 0 aliphatic rings. The van der Waals surface area contributed by atoms with Gasteiger partial charge in [-0.25, -0.2) is 0 Å². The van der Waals surface area contributed by atoms with Crippen LogP contribution in [0.3, 0.4) is 0 Å². The SMILES string of the molecule is CCCNCc1cnccc1Oc1ncn(C)n1. The third-order valence-electron chi connectivity index (χ3n) is 2.38. The van der Waals surface area contributed by atoms with Gasteiger partial charge in [0.1, 0.15) is 12.1 Å². The van der Waals surface area contributed by atoms with Crippen molar-refractivity contribution in [1.29, 1.82) is 0 Å². The van der Waals surface area contributed by atoms with Crippen molar-refractivity contribution < 1.29 is 4.74 Å². The number of nitrogens with zero attached hydrogens (tertiary/aromatic N) is 4. The van der Waals surface area contributed by atoms with Crippen molar-refractivity contribution in [2.24, 2.45) is 7.05 Å². The molecular formula is C12H17N5O. The van der Waals surface area contributed by atoms with Gasteiger partial charge in [-0.3, -0.25) is 9.67 Å². The molecule has 0 spiro atoms. The van der Waals surface area contributed by atoms with E-state index in [1.54, 1.807) is 30.5 Å². The molecule has 0 unspecified atom stereocenters. The molecule has 2 rings (SSSR count). The number of nitrogens with one attached hydrogen (secondary N) is 1. The highest BCUT2D eigenvalue weighted by molar-refractivity contribution is 5.31. The van der Waals surface area contributed by atoms with Crippen molar-refractivity contribution in [1.82, 2.24) is 25.1 Å². The second-order valence-corrected chi connectivity index (χ2v) is 3.96. The van der Waals surface area contributed by atoms with E-state index in [0.29, 0.717) is 6.01 Å². The number of hydrogen-bond donors (Lipinski definition) is 1. The Morgan fingerprint density at radius 3 is 3.06 bits per heavy atom. The van der Waals surface area contributed by atoms with Crippen LogP contribution >= 0.6 is 0 Å². The Labute approximate surface area is 106 Å². The van der Waals surface area contributed by atoms with Crippen LogP contribution in [-0.2, 0) is 13.6 Å². The molecule has 0 radical (unpaired) electrons. The summed E-state index contributed by atoms with van der Waals surface area (Å²) in [5.41, 5.74) is 0.999. The zero-order valence-corrected chi connectivity index (χ0v) is 10.6. The lowest BCUT2D eigenvalue weighted by Crippen LogP contribution is -2.14. The summed E-state index contributed by atoms with van der Waals surface area (Å²) in [5.74, 6) is 0.736. The first-order valence-corrected chi connectivity index (χ1v) is 5.96. The summed E-state index contributed by atoms with van der Waals surface area (Å²) in [7, 11) is 1.80. The molecule has 2 aromatic rings. The molecule has 6 nitrogen and oxygen atoms in total. The topological polar surface area (TPSA) is 64.9 Å². The summed E-state index contributed by atoms with van der Waals surface area (Å²) >= 11 is 0. The molecule has 0 aromatic carbocycles. The molecule has 2 aromatic heterocycles. The molecular weight excluding hydrogens is 230 g/mol. The fourth-order valence-electron chi connectivity index (χ4n) is 1.51. The molecule has 18 heavy (non-hydrogen) atoms. The normalized spacial score (nSPS) is 10.6. The van der Waals surface area contributed by atoms with Gasteiger partial charge in [0.25, 0.3) is 0 Å². The van der Waals surface area contributed by atoms with Crippen LogP contribution in [0.15, 0.2) is 24.8 Å². The quantitative estimate of drug-likeness (QED) is 0.784. The van der Waals surface area contributed by atoms with Crippen LogP contribution in [0.2, 0.25) is 0 Å². The van der Waals surface area contributed by atoms with Crippen LogP contribution in [0.5, 0.6) is 11.8 Å². The number of pyridine rings is 1. The van der Waals surface area contributed by atoms with Gasteiger partial charge < -0.3 is 10.1 Å². The lowest BCUT2D eigenvalue weighted by Gasteiger charge is -2.08. The van der Waals surface area contributed by atoms with Gasteiger partial charge in [-0.2, -0.15) is 4.98 Å². The van der Waals surface area contributed by atoms with Gasteiger partial charge in [-0.05, 0) is 19.0 Å². The summed E-state index contributed by atoms with van der Waals surface area (Å²) in [5, 5.41) is 7.40. The number of rotatable bonds is 6. The zero-order chi connectivity index (χ0) is 12.8. The molecule has 0 aliphatic heterocycles. The molecule has 96 valence electrons. The molecule has 0 atom stereocenters. The van der Waals surface area contributed by atoms with Crippen LogP contribution in [0.25, 0.3) is 0 Å². The smallest absolute Gasteiger partial charge is 0.340 e. The van der Waals surface area contributed by atoms with Crippen LogP contribution in [0, 0.1) is 0 Å². The molecule has 0 saturated heterocycles. The molecule has 0 fully saturated rings. The van der Waals surface area contributed by atoms with Crippen LogP contribution in [0.4, 0.5) is 0 Å². The highest BCUT2D eigenvalue weighted by atomic mass is 16.5. The van der Waals surface area contributed by atoms with E-state index >= 15 is 0 Å². The second kappa shape index (κ2) is 6.11. The average molecular weight is 247 g/mol. The van der Waals surface area contributed by atoms with E-state index in [0.717, 1.165) is 30.8 Å². The lowest BCUT2D eigenvalue weighted by atomic mass is 10.2. The lowest BCUT2D eigenvalue weighted by molar-refractivity contribution is 0.431. The van der Waals surface area contributed by atoms with E-state index in [2.05, 4.69) is 27.3 Å². The predicted molar refractivity (Wildman–Crippen MR) is 67.3 cm³/mol. The number of aromatic nitrogens is 4. The minimum absolute atomic E-state index is 0.348. The third kappa shape index (κ3) is 3.27. The maximum atomic E-state index is 5.64. The first-order valence-electron chi connectivity index (χ1n) is 5.96. The van der Waals surface area contributed by atoms with Gasteiger partial charge in [0.15, 0.2) is 0 Å². The number of ether oxygens (including phenoxy) is 1. The summed E-state index contributed by atoms with van der Waals surface area (Å²) in [4.78, 5) is 8.14. The predicted octanol–water partition coefficient (Wildman–Crippen LogP) is 1.50. The third-order valence-corrected chi connectivity index (χ3v) is 2.38. The van der Waals surface area contributed by atoms with Crippen molar-refractivity contribution in [3.05, 3.63) is 30.4 Å². The van der Waals surface area contributed by atoms with E-state index in [9.17, 15) is 0 Å². The van der Waals surface area contributed by atoms with Crippen molar-refractivity contribution in [3.8, 4) is 11.8 Å². The van der Waals surface area contributed by atoms with E-state index in [1.165, 1.54) is 0 Å². The molecule has 6 heteroatoms. The van der Waals surface area contributed by atoms with Crippen molar-refractivity contribution in [3.63, 3.8) is 0 Å². The van der Waals surface area contributed by atoms with Gasteiger partial charge in [0.2, 0.25) is 0 Å². The molecule has 2 heterocycles. The monoisotopic (exact) mass is 247 g/mol. The summed E-state index contributed by atoms with van der Waals surface area (Å²) in [6, 6.07) is 2.17. The standard InChI is InChI=1S/C12H17N5O/c1-3-5-13-7-10-8-14-6-4-11(10)18-12-15-9-17(2)16-12/h4,6,8-9,13H,3,5,7H2,1-2H3. The molecule has 1 N–H and O–H groups in total. The molecule has 0 saturated carbocycles. The van der Waals surface area contributed by atoms with Gasteiger partial charge in [0, 0.05) is 31.5 Å². The van der Waals surface area contributed by atoms with E-state index in [4.69, 9.17) is 4.74 Å². The molecule has 0 bridgehead atoms.